The summed E-state index contributed by atoms with van der Waals surface area (Å²) in [4.78, 5) is 24.7. The second-order valence-corrected chi connectivity index (χ2v) is 6.36. The van der Waals surface area contributed by atoms with Crippen LogP contribution in [0.3, 0.4) is 0 Å². The molecule has 0 N–H and O–H groups in total. The van der Waals surface area contributed by atoms with Gasteiger partial charge >= 0.3 is 0 Å². The van der Waals surface area contributed by atoms with Gasteiger partial charge in [0.15, 0.2) is 0 Å². The first-order valence-electron chi connectivity index (χ1n) is 8.34. The lowest BCUT2D eigenvalue weighted by molar-refractivity contribution is -0.384. The molecule has 2 aromatic rings. The number of hydrogen-bond acceptors (Lipinski definition) is 4. The highest BCUT2D eigenvalue weighted by molar-refractivity contribution is 5.94. The van der Waals surface area contributed by atoms with Crippen LogP contribution < -0.4 is 4.74 Å². The molecule has 0 saturated carbocycles. The Hall–Kier alpha value is -2.89. The van der Waals surface area contributed by atoms with Gasteiger partial charge in [-0.3, -0.25) is 14.9 Å². The Kier molecular flexibility index (Phi) is 4.97. The number of benzene rings is 2. The average Bonchev–Trinajstić information content (AvgIpc) is 2.62. The summed E-state index contributed by atoms with van der Waals surface area (Å²) in [5.74, 6) is 1.70. The molecule has 1 amide bonds. The van der Waals surface area contributed by atoms with Crippen molar-refractivity contribution in [3.05, 3.63) is 64.2 Å². The fraction of sp³-hybridized carbons (Fsp3) is 0.316. The smallest absolute Gasteiger partial charge is 0.269 e. The number of likely N-dealkylation sites (tertiary alicyclic amines) is 1. The number of rotatable bonds is 4. The lowest BCUT2D eigenvalue weighted by atomic mass is 9.98. The van der Waals surface area contributed by atoms with Crippen LogP contribution in [0.5, 0.6) is 11.5 Å². The average molecular weight is 340 g/mol. The molecule has 3 rings (SSSR count). The summed E-state index contributed by atoms with van der Waals surface area (Å²) in [5.41, 5.74) is 0.601. The normalized spacial score (nSPS) is 15.0. The molecule has 1 aliphatic heterocycles. The molecule has 1 saturated heterocycles. The number of non-ortho nitro benzene ring substituents is 1. The van der Waals surface area contributed by atoms with Crippen molar-refractivity contribution >= 4 is 11.6 Å². The fourth-order valence-electron chi connectivity index (χ4n) is 2.86. The van der Waals surface area contributed by atoms with Crippen LogP contribution in [0.1, 0.15) is 30.1 Å². The van der Waals surface area contributed by atoms with E-state index in [0.717, 1.165) is 25.9 Å². The van der Waals surface area contributed by atoms with Gasteiger partial charge in [0.25, 0.3) is 11.6 Å². The lowest BCUT2D eigenvalue weighted by Gasteiger charge is -2.30. The second kappa shape index (κ2) is 7.34. The molecular formula is C19H20N2O4. The molecule has 0 bridgehead atoms. The first-order chi connectivity index (χ1) is 12.0. The first kappa shape index (κ1) is 17.0. The van der Waals surface area contributed by atoms with E-state index in [-0.39, 0.29) is 11.6 Å². The van der Waals surface area contributed by atoms with E-state index < -0.39 is 4.92 Å². The van der Waals surface area contributed by atoms with Crippen molar-refractivity contribution < 1.29 is 14.5 Å². The fourth-order valence-corrected chi connectivity index (χ4v) is 2.86. The van der Waals surface area contributed by atoms with Gasteiger partial charge < -0.3 is 9.64 Å². The Labute approximate surface area is 146 Å². The minimum atomic E-state index is -0.456. The zero-order chi connectivity index (χ0) is 17.8. The van der Waals surface area contributed by atoms with Crippen LogP contribution in [0.2, 0.25) is 0 Å². The standard InChI is InChI=1S/C19H20N2O4/c1-14-9-11-20(12-10-14)19(22)15-3-2-4-18(13-15)25-17-7-5-16(6-8-17)21(23)24/h2-8,13-14H,9-12H2,1H3. The maximum atomic E-state index is 12.6. The molecule has 0 spiro atoms. The van der Waals surface area contributed by atoms with Gasteiger partial charge in [0.1, 0.15) is 11.5 Å². The third kappa shape index (κ3) is 4.15. The van der Waals surface area contributed by atoms with Crippen LogP contribution in [0.4, 0.5) is 5.69 Å². The minimum Gasteiger partial charge on any atom is -0.457 e. The third-order valence-corrected chi connectivity index (χ3v) is 4.44. The van der Waals surface area contributed by atoms with Crippen LogP contribution in [0.25, 0.3) is 0 Å². The minimum absolute atomic E-state index is 0.00982. The van der Waals surface area contributed by atoms with Crippen LogP contribution in [-0.4, -0.2) is 28.8 Å². The number of hydrogen-bond donors (Lipinski definition) is 0. The second-order valence-electron chi connectivity index (χ2n) is 6.36. The molecule has 0 aliphatic carbocycles. The van der Waals surface area contributed by atoms with Crippen LogP contribution in [0, 0.1) is 16.0 Å². The number of nitro groups is 1. The molecule has 0 radical (unpaired) electrons. The molecule has 1 aliphatic rings. The van der Waals surface area contributed by atoms with E-state index in [9.17, 15) is 14.9 Å². The number of carbonyl (C=O) groups is 1. The summed E-state index contributed by atoms with van der Waals surface area (Å²) < 4.78 is 5.71. The van der Waals surface area contributed by atoms with Crippen molar-refractivity contribution in [2.75, 3.05) is 13.1 Å². The van der Waals surface area contributed by atoms with Crippen molar-refractivity contribution in [1.82, 2.24) is 4.90 Å². The van der Waals surface area contributed by atoms with Gasteiger partial charge in [-0.05, 0) is 49.1 Å². The SMILES string of the molecule is CC1CCN(C(=O)c2cccc(Oc3ccc([N+](=O)[O-])cc3)c2)CC1. The predicted octanol–water partition coefficient (Wildman–Crippen LogP) is 4.26. The first-order valence-corrected chi connectivity index (χ1v) is 8.34. The summed E-state index contributed by atoms with van der Waals surface area (Å²) in [6.45, 7) is 3.78. The highest BCUT2D eigenvalue weighted by Crippen LogP contribution is 2.25. The number of nitro benzene ring substituents is 1. The van der Waals surface area contributed by atoms with E-state index in [1.54, 1.807) is 36.4 Å². The van der Waals surface area contributed by atoms with E-state index in [1.807, 2.05) is 4.90 Å². The van der Waals surface area contributed by atoms with Gasteiger partial charge in [-0.25, -0.2) is 0 Å². The monoisotopic (exact) mass is 340 g/mol. The van der Waals surface area contributed by atoms with E-state index in [2.05, 4.69) is 6.92 Å². The van der Waals surface area contributed by atoms with Crippen molar-refractivity contribution in [3.8, 4) is 11.5 Å². The molecule has 130 valence electrons. The van der Waals surface area contributed by atoms with E-state index in [4.69, 9.17) is 4.74 Å². The number of nitrogens with zero attached hydrogens (tertiary/aromatic N) is 2. The third-order valence-electron chi connectivity index (χ3n) is 4.44. The summed E-state index contributed by atoms with van der Waals surface area (Å²) >= 11 is 0. The number of ether oxygens (including phenoxy) is 1. The topological polar surface area (TPSA) is 72.7 Å². The van der Waals surface area contributed by atoms with E-state index >= 15 is 0 Å². The zero-order valence-electron chi connectivity index (χ0n) is 14.1. The highest BCUT2D eigenvalue weighted by atomic mass is 16.6. The highest BCUT2D eigenvalue weighted by Gasteiger charge is 2.21. The van der Waals surface area contributed by atoms with Gasteiger partial charge in [-0.2, -0.15) is 0 Å². The van der Waals surface area contributed by atoms with Gasteiger partial charge in [-0.1, -0.05) is 13.0 Å². The Bertz CT molecular complexity index is 765. The Morgan fingerprint density at radius 2 is 1.80 bits per heavy atom. The van der Waals surface area contributed by atoms with Gasteiger partial charge in [-0.15, -0.1) is 0 Å². The lowest BCUT2D eigenvalue weighted by Crippen LogP contribution is -2.37. The summed E-state index contributed by atoms with van der Waals surface area (Å²) in [7, 11) is 0. The molecule has 0 atom stereocenters. The molecule has 6 nitrogen and oxygen atoms in total. The summed E-state index contributed by atoms with van der Waals surface area (Å²) in [6, 6.07) is 12.9. The maximum Gasteiger partial charge on any atom is 0.269 e. The largest absolute Gasteiger partial charge is 0.457 e. The zero-order valence-corrected chi connectivity index (χ0v) is 14.1. The van der Waals surface area contributed by atoms with Crippen molar-refractivity contribution in [2.45, 2.75) is 19.8 Å². The molecule has 0 aromatic heterocycles. The van der Waals surface area contributed by atoms with Crippen LogP contribution in [0.15, 0.2) is 48.5 Å². The van der Waals surface area contributed by atoms with Crippen molar-refractivity contribution in [3.63, 3.8) is 0 Å². The van der Waals surface area contributed by atoms with E-state index in [1.165, 1.54) is 12.1 Å². The Morgan fingerprint density at radius 1 is 1.12 bits per heavy atom. The molecule has 0 unspecified atom stereocenters. The van der Waals surface area contributed by atoms with Crippen molar-refractivity contribution in [1.29, 1.82) is 0 Å². The molecular weight excluding hydrogens is 320 g/mol. The van der Waals surface area contributed by atoms with Gasteiger partial charge in [0, 0.05) is 30.8 Å². The van der Waals surface area contributed by atoms with E-state index in [0.29, 0.717) is 23.0 Å². The quantitative estimate of drug-likeness (QED) is 0.616. The molecule has 25 heavy (non-hydrogen) atoms. The number of carbonyl (C=O) groups excluding carboxylic acids is 1. The molecule has 1 fully saturated rings. The summed E-state index contributed by atoms with van der Waals surface area (Å²) in [6.07, 6.45) is 2.06. The molecule has 1 heterocycles. The van der Waals surface area contributed by atoms with Crippen LogP contribution in [-0.2, 0) is 0 Å². The van der Waals surface area contributed by atoms with Gasteiger partial charge in [0.05, 0.1) is 4.92 Å². The van der Waals surface area contributed by atoms with Gasteiger partial charge in [0.2, 0.25) is 0 Å². The Balaban J connectivity index is 1.70. The van der Waals surface area contributed by atoms with Crippen molar-refractivity contribution in [2.24, 2.45) is 5.92 Å². The molecule has 6 heteroatoms. The number of piperidine rings is 1. The summed E-state index contributed by atoms with van der Waals surface area (Å²) in [5, 5.41) is 10.7. The van der Waals surface area contributed by atoms with Crippen LogP contribution >= 0.6 is 0 Å². The number of amides is 1. The maximum absolute atomic E-state index is 12.6. The predicted molar refractivity (Wildman–Crippen MR) is 93.9 cm³/mol. The molecule has 2 aromatic carbocycles. The Morgan fingerprint density at radius 3 is 2.44 bits per heavy atom.